The highest BCUT2D eigenvalue weighted by Crippen LogP contribution is 2.46. The molecule has 34 heavy (non-hydrogen) atoms. The molecule has 0 radical (unpaired) electrons. The van der Waals surface area contributed by atoms with Crippen molar-refractivity contribution in [3.8, 4) is 0 Å². The van der Waals surface area contributed by atoms with Crippen LogP contribution in [0.3, 0.4) is 0 Å². The number of ketones is 2. The third kappa shape index (κ3) is 4.88. The Labute approximate surface area is 199 Å². The number of Topliss-reactive ketones (excluding diaryl/α,β-unsaturated/α-hetero) is 1. The van der Waals surface area contributed by atoms with E-state index in [0.29, 0.717) is 30.0 Å². The summed E-state index contributed by atoms with van der Waals surface area (Å²) in [5.74, 6) is -2.10. The van der Waals surface area contributed by atoms with Gasteiger partial charge in [-0.1, -0.05) is 38.0 Å². The van der Waals surface area contributed by atoms with E-state index in [1.807, 2.05) is 30.1 Å². The minimum Gasteiger partial charge on any atom is -0.481 e. The number of nitrogens with zero attached hydrogens (tertiary/aromatic N) is 1. The van der Waals surface area contributed by atoms with Crippen molar-refractivity contribution in [1.29, 1.82) is 0 Å². The SMILES string of the molecule is CC[C@H](C)C=C(C)C=CC1=CC2=CC(=O)[C@]3(C)OC(=O)C(C(C)=O)=C3C2=CN1CCCC(=O)O. The normalized spacial score (nSPS) is 23.3. The Morgan fingerprint density at radius 1 is 1.24 bits per heavy atom. The molecule has 1 N–H and O–H groups in total. The van der Waals surface area contributed by atoms with Crippen LogP contribution in [0.2, 0.25) is 0 Å². The summed E-state index contributed by atoms with van der Waals surface area (Å²) in [6.07, 6.45) is 12.6. The zero-order chi connectivity index (χ0) is 25.2. The Morgan fingerprint density at radius 2 is 1.94 bits per heavy atom. The molecule has 2 atom stereocenters. The van der Waals surface area contributed by atoms with Gasteiger partial charge in [-0.3, -0.25) is 14.4 Å². The maximum atomic E-state index is 13.0. The van der Waals surface area contributed by atoms with Gasteiger partial charge < -0.3 is 14.7 Å². The molecule has 3 aliphatic rings. The fourth-order valence-electron chi connectivity index (χ4n) is 4.32. The predicted molar refractivity (Wildman–Crippen MR) is 127 cm³/mol. The molecule has 2 heterocycles. The zero-order valence-corrected chi connectivity index (χ0v) is 20.3. The molecule has 1 aliphatic carbocycles. The maximum absolute atomic E-state index is 13.0. The van der Waals surface area contributed by atoms with Crippen LogP contribution in [0, 0.1) is 5.92 Å². The topological polar surface area (TPSA) is 101 Å². The smallest absolute Gasteiger partial charge is 0.343 e. The number of aliphatic carboxylic acids is 1. The van der Waals surface area contributed by atoms with Gasteiger partial charge in [0.15, 0.2) is 11.4 Å². The van der Waals surface area contributed by atoms with E-state index in [-0.39, 0.29) is 17.6 Å². The van der Waals surface area contributed by atoms with E-state index in [1.54, 1.807) is 6.20 Å². The van der Waals surface area contributed by atoms with Gasteiger partial charge in [-0.2, -0.15) is 0 Å². The lowest BCUT2D eigenvalue weighted by atomic mass is 9.75. The molecular formula is C27H31NO6. The van der Waals surface area contributed by atoms with Crippen molar-refractivity contribution in [1.82, 2.24) is 4.90 Å². The van der Waals surface area contributed by atoms with E-state index < -0.39 is 29.1 Å². The van der Waals surface area contributed by atoms with Crippen molar-refractivity contribution >= 4 is 23.5 Å². The van der Waals surface area contributed by atoms with E-state index in [1.165, 1.54) is 19.9 Å². The highest BCUT2D eigenvalue weighted by Gasteiger charge is 2.54. The number of hydrogen-bond donors (Lipinski definition) is 1. The molecule has 0 saturated heterocycles. The maximum Gasteiger partial charge on any atom is 0.343 e. The van der Waals surface area contributed by atoms with Crippen LogP contribution in [0.1, 0.15) is 53.9 Å². The molecule has 7 heteroatoms. The van der Waals surface area contributed by atoms with Crippen molar-refractivity contribution in [2.24, 2.45) is 5.92 Å². The molecule has 7 nitrogen and oxygen atoms in total. The van der Waals surface area contributed by atoms with Gasteiger partial charge in [-0.15, -0.1) is 0 Å². The van der Waals surface area contributed by atoms with Crippen LogP contribution in [-0.2, 0) is 23.9 Å². The van der Waals surface area contributed by atoms with E-state index in [0.717, 1.165) is 17.7 Å². The molecule has 0 unspecified atom stereocenters. The number of hydrogen-bond acceptors (Lipinski definition) is 6. The number of carbonyl (C=O) groups is 4. The number of carbonyl (C=O) groups excluding carboxylic acids is 3. The summed E-state index contributed by atoms with van der Waals surface area (Å²) in [7, 11) is 0. The summed E-state index contributed by atoms with van der Waals surface area (Å²) in [4.78, 5) is 50.7. The summed E-state index contributed by atoms with van der Waals surface area (Å²) in [5, 5.41) is 9.08. The van der Waals surface area contributed by atoms with Crippen LogP contribution in [-0.4, -0.2) is 45.7 Å². The second kappa shape index (κ2) is 9.79. The largest absolute Gasteiger partial charge is 0.481 e. The monoisotopic (exact) mass is 465 g/mol. The predicted octanol–water partition coefficient (Wildman–Crippen LogP) is 4.19. The fourth-order valence-corrected chi connectivity index (χ4v) is 4.32. The number of carboxylic acids is 1. The van der Waals surface area contributed by atoms with Crippen LogP contribution in [0.4, 0.5) is 0 Å². The molecule has 0 fully saturated rings. The van der Waals surface area contributed by atoms with Gasteiger partial charge in [0.25, 0.3) is 0 Å². The lowest BCUT2D eigenvalue weighted by Gasteiger charge is -2.35. The number of ether oxygens (including phenoxy) is 1. The molecule has 3 rings (SSSR count). The van der Waals surface area contributed by atoms with Crippen molar-refractivity contribution in [2.75, 3.05) is 6.54 Å². The highest BCUT2D eigenvalue weighted by molar-refractivity contribution is 6.23. The molecule has 2 aliphatic heterocycles. The Bertz CT molecular complexity index is 1130. The quantitative estimate of drug-likeness (QED) is 0.309. The zero-order valence-electron chi connectivity index (χ0n) is 20.3. The van der Waals surface area contributed by atoms with E-state index in [9.17, 15) is 19.2 Å². The van der Waals surface area contributed by atoms with Gasteiger partial charge in [0, 0.05) is 36.0 Å². The van der Waals surface area contributed by atoms with Gasteiger partial charge in [0.1, 0.15) is 5.57 Å². The summed E-state index contributed by atoms with van der Waals surface area (Å²) >= 11 is 0. The molecule has 0 aromatic carbocycles. The molecule has 0 bridgehead atoms. The van der Waals surface area contributed by atoms with Gasteiger partial charge in [0.2, 0.25) is 5.78 Å². The van der Waals surface area contributed by atoms with Crippen LogP contribution >= 0.6 is 0 Å². The van der Waals surface area contributed by atoms with Crippen LogP contribution in [0.5, 0.6) is 0 Å². The number of carboxylic acid groups (broad SMARTS) is 1. The van der Waals surface area contributed by atoms with Gasteiger partial charge in [0.05, 0.1) is 0 Å². The number of rotatable bonds is 9. The average molecular weight is 466 g/mol. The fraction of sp³-hybridized carbons (Fsp3) is 0.407. The van der Waals surface area contributed by atoms with Crippen molar-refractivity contribution in [3.05, 3.63) is 70.1 Å². The second-order valence-corrected chi connectivity index (χ2v) is 9.13. The van der Waals surface area contributed by atoms with Gasteiger partial charge in [-0.05, 0) is 56.9 Å². The Balaban J connectivity index is 2.08. The van der Waals surface area contributed by atoms with E-state index >= 15 is 0 Å². The minimum atomic E-state index is -1.54. The van der Waals surface area contributed by atoms with Gasteiger partial charge in [-0.25, -0.2) is 4.79 Å². The first-order valence-electron chi connectivity index (χ1n) is 11.5. The van der Waals surface area contributed by atoms with Crippen molar-refractivity contribution in [2.45, 2.75) is 59.5 Å². The third-order valence-corrected chi connectivity index (χ3v) is 6.34. The number of esters is 1. The summed E-state index contributed by atoms with van der Waals surface area (Å²) in [5.41, 5.74) is 1.65. The van der Waals surface area contributed by atoms with Crippen LogP contribution in [0.15, 0.2) is 70.1 Å². The number of allylic oxidation sites excluding steroid dienone is 6. The van der Waals surface area contributed by atoms with Crippen LogP contribution in [0.25, 0.3) is 0 Å². The minimum absolute atomic E-state index is 0.00546. The molecule has 0 saturated carbocycles. The second-order valence-electron chi connectivity index (χ2n) is 9.13. The summed E-state index contributed by atoms with van der Waals surface area (Å²) in [6, 6.07) is 0. The van der Waals surface area contributed by atoms with E-state index in [4.69, 9.17) is 9.84 Å². The van der Waals surface area contributed by atoms with Crippen molar-refractivity contribution < 1.29 is 29.0 Å². The first-order valence-corrected chi connectivity index (χ1v) is 11.5. The lowest BCUT2D eigenvalue weighted by molar-refractivity contribution is -0.152. The van der Waals surface area contributed by atoms with Crippen molar-refractivity contribution in [3.63, 3.8) is 0 Å². The molecule has 0 amide bonds. The Hall–Kier alpha value is -3.48. The van der Waals surface area contributed by atoms with Gasteiger partial charge >= 0.3 is 11.9 Å². The van der Waals surface area contributed by atoms with Crippen LogP contribution < -0.4 is 0 Å². The summed E-state index contributed by atoms with van der Waals surface area (Å²) in [6.45, 7) is 9.48. The van der Waals surface area contributed by atoms with E-state index in [2.05, 4.69) is 19.9 Å². The average Bonchev–Trinajstić information content (AvgIpc) is 3.04. The lowest BCUT2D eigenvalue weighted by Crippen LogP contribution is -2.41. The molecule has 0 aromatic heterocycles. The highest BCUT2D eigenvalue weighted by atomic mass is 16.6. The summed E-state index contributed by atoms with van der Waals surface area (Å²) < 4.78 is 5.38. The molecule has 0 spiro atoms. The third-order valence-electron chi connectivity index (χ3n) is 6.34. The number of fused-ring (bicyclic) bond motifs is 3. The molecule has 180 valence electrons. The standard InChI is InChI=1S/C27H31NO6/c1-6-16(2)12-17(3)9-10-20-13-19-14-22(30)27(5)25(24(18(4)29)26(33)34-27)21(19)15-28(20)11-7-8-23(31)32/h9-10,12-16H,6-8,11H2,1-5H3,(H,31,32)/t16-,27-/m0/s1. The first-order chi connectivity index (χ1) is 16.0. The Morgan fingerprint density at radius 3 is 2.56 bits per heavy atom. The molecular weight excluding hydrogens is 434 g/mol. The Kier molecular flexibility index (Phi) is 7.24. The first kappa shape index (κ1) is 25.1. The molecule has 0 aromatic rings.